The number of anilines is 2. The average Bonchev–Trinajstić information content (AvgIpc) is 2.95. The van der Waals surface area contributed by atoms with Crippen molar-refractivity contribution in [3.8, 4) is 0 Å². The molecule has 5 nitrogen and oxygen atoms in total. The smallest absolute Gasteiger partial charge is 0.338 e. The van der Waals surface area contributed by atoms with Crippen molar-refractivity contribution in [2.75, 3.05) is 32.3 Å². The van der Waals surface area contributed by atoms with Gasteiger partial charge in [0, 0.05) is 30.8 Å². The zero-order chi connectivity index (χ0) is 24.9. The lowest BCUT2D eigenvalue weighted by molar-refractivity contribution is 0.0599. The monoisotopic (exact) mass is 482 g/mol. The van der Waals surface area contributed by atoms with E-state index in [1.165, 1.54) is 53.6 Å². The fourth-order valence-electron chi connectivity index (χ4n) is 5.51. The van der Waals surface area contributed by atoms with E-state index in [9.17, 15) is 4.79 Å². The first kappa shape index (κ1) is 24.3. The molecule has 0 saturated heterocycles. The first-order valence-corrected chi connectivity index (χ1v) is 12.9. The van der Waals surface area contributed by atoms with E-state index in [2.05, 4.69) is 65.5 Å². The van der Waals surface area contributed by atoms with Crippen molar-refractivity contribution in [3.05, 3.63) is 94.8 Å². The van der Waals surface area contributed by atoms with E-state index in [4.69, 9.17) is 9.47 Å². The van der Waals surface area contributed by atoms with Crippen LogP contribution >= 0.6 is 0 Å². The molecule has 1 aliphatic carbocycles. The molecule has 0 saturated carbocycles. The van der Waals surface area contributed by atoms with Gasteiger partial charge in [0.15, 0.2) is 0 Å². The Morgan fingerprint density at radius 1 is 1.11 bits per heavy atom. The Kier molecular flexibility index (Phi) is 7.47. The fourth-order valence-corrected chi connectivity index (χ4v) is 5.51. The van der Waals surface area contributed by atoms with Crippen molar-refractivity contribution in [2.24, 2.45) is 0 Å². The summed E-state index contributed by atoms with van der Waals surface area (Å²) in [7, 11) is 3.57. The average molecular weight is 483 g/mol. The molecule has 5 heteroatoms. The summed E-state index contributed by atoms with van der Waals surface area (Å²) in [6, 6.07) is 17.5. The molecular weight excluding hydrogens is 448 g/mol. The van der Waals surface area contributed by atoms with Crippen LogP contribution in [0, 0.1) is 0 Å². The number of carbonyl (C=O) groups excluding carboxylic acids is 1. The van der Waals surface area contributed by atoms with Crippen molar-refractivity contribution in [1.29, 1.82) is 0 Å². The van der Waals surface area contributed by atoms with Crippen molar-refractivity contribution >= 4 is 22.9 Å². The number of esters is 1. The van der Waals surface area contributed by atoms with Crippen LogP contribution in [0.25, 0.3) is 5.57 Å². The van der Waals surface area contributed by atoms with Gasteiger partial charge >= 0.3 is 5.97 Å². The summed E-state index contributed by atoms with van der Waals surface area (Å²) < 4.78 is 10.4. The van der Waals surface area contributed by atoms with E-state index < -0.39 is 0 Å². The first-order valence-electron chi connectivity index (χ1n) is 12.9. The van der Waals surface area contributed by atoms with Crippen LogP contribution in [0.4, 0.5) is 11.4 Å². The Morgan fingerprint density at radius 2 is 1.94 bits per heavy atom. The van der Waals surface area contributed by atoms with Gasteiger partial charge in [-0.3, -0.25) is 4.98 Å². The quantitative estimate of drug-likeness (QED) is 0.360. The number of aromatic nitrogens is 1. The van der Waals surface area contributed by atoms with Crippen molar-refractivity contribution in [3.63, 3.8) is 0 Å². The lowest BCUT2D eigenvalue weighted by atomic mass is 9.79. The number of benzene rings is 2. The van der Waals surface area contributed by atoms with Gasteiger partial charge in [-0.15, -0.1) is 0 Å². The molecule has 1 aromatic heterocycles. The van der Waals surface area contributed by atoms with Crippen LogP contribution in [0.15, 0.2) is 67.0 Å². The lowest BCUT2D eigenvalue weighted by Crippen LogP contribution is -2.15. The fraction of sp³-hybridized carbons (Fsp3) is 0.355. The molecule has 2 aliphatic rings. The van der Waals surface area contributed by atoms with Crippen molar-refractivity contribution in [1.82, 2.24) is 4.98 Å². The summed E-state index contributed by atoms with van der Waals surface area (Å²) in [6.45, 7) is 1.51. The SMILES string of the molecule is COC(=O)c1ccncc1CC[C@@H]1CCCc2cc(N(C)c3ccc(C4=CCOCC4)cc3)ccc21. The normalized spacial score (nSPS) is 17.2. The molecule has 5 rings (SSSR count). The standard InChI is InChI=1S/C31H34N2O3/c1-33(27-10-8-22(9-11-27)23-15-18-36-19-16-23)28-12-13-29-24(4-3-5-25(29)20-28)6-7-26-21-32-17-14-30(26)31(34)35-2/h8-15,17,20-21,24H,3-7,16,18-19H2,1-2H3/t24-/m0/s1. The van der Waals surface area contributed by atoms with Gasteiger partial charge in [0.25, 0.3) is 0 Å². The minimum absolute atomic E-state index is 0.290. The molecule has 1 atom stereocenters. The summed E-state index contributed by atoms with van der Waals surface area (Å²) in [5.41, 5.74) is 9.54. The molecule has 186 valence electrons. The Morgan fingerprint density at radius 3 is 2.72 bits per heavy atom. The molecule has 3 aromatic rings. The van der Waals surface area contributed by atoms with Crippen molar-refractivity contribution in [2.45, 2.75) is 44.4 Å². The third-order valence-corrected chi connectivity index (χ3v) is 7.61. The van der Waals surface area contributed by atoms with Crippen LogP contribution in [0.3, 0.4) is 0 Å². The minimum Gasteiger partial charge on any atom is -0.465 e. The number of fused-ring (bicyclic) bond motifs is 1. The number of hydrogen-bond acceptors (Lipinski definition) is 5. The molecular formula is C31H34N2O3. The minimum atomic E-state index is -0.290. The number of nitrogens with zero attached hydrogens (tertiary/aromatic N) is 2. The van der Waals surface area contributed by atoms with E-state index >= 15 is 0 Å². The largest absolute Gasteiger partial charge is 0.465 e. The Balaban J connectivity index is 1.30. The van der Waals surface area contributed by atoms with Crippen LogP contribution in [-0.2, 0) is 22.3 Å². The lowest BCUT2D eigenvalue weighted by Gasteiger charge is -2.28. The predicted molar refractivity (Wildman–Crippen MR) is 144 cm³/mol. The van der Waals surface area contributed by atoms with Gasteiger partial charge in [-0.05, 0) is 103 Å². The zero-order valence-corrected chi connectivity index (χ0v) is 21.2. The summed E-state index contributed by atoms with van der Waals surface area (Å²) in [4.78, 5) is 18.6. The Bertz CT molecular complexity index is 1250. The highest BCUT2D eigenvalue weighted by Gasteiger charge is 2.22. The van der Waals surface area contributed by atoms with Gasteiger partial charge in [0.05, 0.1) is 25.9 Å². The molecule has 0 fully saturated rings. The highest BCUT2D eigenvalue weighted by Crippen LogP contribution is 2.38. The van der Waals surface area contributed by atoms with E-state index in [1.807, 2.05) is 0 Å². The zero-order valence-electron chi connectivity index (χ0n) is 21.2. The summed E-state index contributed by atoms with van der Waals surface area (Å²) in [6.07, 6.45) is 11.9. The number of methoxy groups -OCH3 is 1. The van der Waals surface area contributed by atoms with Crippen LogP contribution in [0.1, 0.15) is 64.2 Å². The highest BCUT2D eigenvalue weighted by molar-refractivity contribution is 5.90. The number of carbonyl (C=O) groups is 1. The molecule has 36 heavy (non-hydrogen) atoms. The van der Waals surface area contributed by atoms with E-state index in [1.54, 1.807) is 18.5 Å². The number of hydrogen-bond donors (Lipinski definition) is 0. The topological polar surface area (TPSA) is 51.7 Å². The maximum Gasteiger partial charge on any atom is 0.338 e. The Hall–Kier alpha value is -3.44. The van der Waals surface area contributed by atoms with E-state index in [0.717, 1.165) is 37.9 Å². The summed E-state index contributed by atoms with van der Waals surface area (Å²) >= 11 is 0. The van der Waals surface area contributed by atoms with Crippen LogP contribution < -0.4 is 4.90 Å². The maximum atomic E-state index is 12.1. The second-order valence-corrected chi connectivity index (χ2v) is 9.70. The predicted octanol–water partition coefficient (Wildman–Crippen LogP) is 6.49. The van der Waals surface area contributed by atoms with Gasteiger partial charge in [0.1, 0.15) is 0 Å². The molecule has 0 spiro atoms. The van der Waals surface area contributed by atoms with Crippen LogP contribution in [0.2, 0.25) is 0 Å². The van der Waals surface area contributed by atoms with E-state index in [0.29, 0.717) is 18.1 Å². The van der Waals surface area contributed by atoms with Gasteiger partial charge in [0.2, 0.25) is 0 Å². The van der Waals surface area contributed by atoms with Crippen LogP contribution in [0.5, 0.6) is 0 Å². The molecule has 0 N–H and O–H groups in total. The Labute approximate surface area is 213 Å². The van der Waals surface area contributed by atoms with Gasteiger partial charge in [-0.25, -0.2) is 4.79 Å². The van der Waals surface area contributed by atoms with Gasteiger partial charge in [-0.1, -0.05) is 24.3 Å². The molecule has 2 heterocycles. The third kappa shape index (κ3) is 5.21. The number of aryl methyl sites for hydroxylation is 2. The number of rotatable bonds is 7. The molecule has 0 unspecified atom stereocenters. The second kappa shape index (κ2) is 11.1. The van der Waals surface area contributed by atoms with Gasteiger partial charge in [-0.2, -0.15) is 0 Å². The molecule has 1 aliphatic heterocycles. The van der Waals surface area contributed by atoms with E-state index in [-0.39, 0.29) is 5.97 Å². The number of pyridine rings is 1. The highest BCUT2D eigenvalue weighted by atomic mass is 16.5. The second-order valence-electron chi connectivity index (χ2n) is 9.70. The molecule has 0 radical (unpaired) electrons. The maximum absolute atomic E-state index is 12.1. The third-order valence-electron chi connectivity index (χ3n) is 7.61. The molecule has 0 bridgehead atoms. The van der Waals surface area contributed by atoms with Gasteiger partial charge < -0.3 is 14.4 Å². The molecule has 0 amide bonds. The van der Waals surface area contributed by atoms with Crippen molar-refractivity contribution < 1.29 is 14.3 Å². The number of ether oxygens (including phenoxy) is 2. The van der Waals surface area contributed by atoms with Crippen LogP contribution in [-0.4, -0.2) is 38.3 Å². The summed E-state index contributed by atoms with van der Waals surface area (Å²) in [5.74, 6) is 0.201. The molecule has 2 aromatic carbocycles. The first-order chi connectivity index (χ1) is 17.6. The summed E-state index contributed by atoms with van der Waals surface area (Å²) in [5, 5.41) is 0.